The van der Waals surface area contributed by atoms with Crippen molar-refractivity contribution in [2.24, 2.45) is 0 Å². The van der Waals surface area contributed by atoms with Crippen LogP contribution in [0.5, 0.6) is 11.5 Å². The summed E-state index contributed by atoms with van der Waals surface area (Å²) in [5.41, 5.74) is 3.26. The molecule has 3 aromatic rings. The van der Waals surface area contributed by atoms with Crippen molar-refractivity contribution in [1.82, 2.24) is 5.32 Å². The molecule has 0 saturated carbocycles. The molecule has 172 valence electrons. The number of ether oxygens (including phenoxy) is 2. The van der Waals surface area contributed by atoms with Gasteiger partial charge in [-0.3, -0.25) is 9.10 Å². The molecule has 0 spiro atoms. The summed E-state index contributed by atoms with van der Waals surface area (Å²) in [6.07, 6.45) is 1.08. The Morgan fingerprint density at radius 3 is 2.24 bits per heavy atom. The van der Waals surface area contributed by atoms with Gasteiger partial charge in [0.1, 0.15) is 19.8 Å². The van der Waals surface area contributed by atoms with Gasteiger partial charge in [0.15, 0.2) is 11.5 Å². The Morgan fingerprint density at radius 1 is 0.939 bits per heavy atom. The first-order valence-electron chi connectivity index (χ1n) is 10.6. The fourth-order valence-electron chi connectivity index (χ4n) is 3.69. The van der Waals surface area contributed by atoms with Gasteiger partial charge < -0.3 is 14.8 Å². The van der Waals surface area contributed by atoms with E-state index in [1.165, 1.54) is 0 Å². The Kier molecular flexibility index (Phi) is 6.55. The number of hydrogen-bond acceptors (Lipinski definition) is 5. The van der Waals surface area contributed by atoms with Crippen LogP contribution in [0.4, 0.5) is 5.69 Å². The topological polar surface area (TPSA) is 84.9 Å². The molecule has 1 aliphatic rings. The van der Waals surface area contributed by atoms with E-state index >= 15 is 0 Å². The monoisotopic (exact) mass is 466 g/mol. The Bertz CT molecular complexity index is 1230. The third kappa shape index (κ3) is 5.46. The number of fused-ring (bicyclic) bond motifs is 1. The Labute approximate surface area is 194 Å². The highest BCUT2D eigenvalue weighted by atomic mass is 32.2. The zero-order valence-corrected chi connectivity index (χ0v) is 19.3. The number of carbonyl (C=O) groups excluding carboxylic acids is 1. The first-order chi connectivity index (χ1) is 15.8. The zero-order valence-electron chi connectivity index (χ0n) is 18.5. The first-order valence-corrected chi connectivity index (χ1v) is 12.4. The van der Waals surface area contributed by atoms with E-state index in [0.717, 1.165) is 27.3 Å². The molecule has 7 nitrogen and oxygen atoms in total. The average molecular weight is 467 g/mol. The van der Waals surface area contributed by atoms with Crippen molar-refractivity contribution < 1.29 is 22.7 Å². The minimum atomic E-state index is -3.73. The predicted molar refractivity (Wildman–Crippen MR) is 127 cm³/mol. The quantitative estimate of drug-likeness (QED) is 0.577. The molecule has 1 N–H and O–H groups in total. The smallest absolute Gasteiger partial charge is 0.241 e. The number of nitrogens with zero attached hydrogens (tertiary/aromatic N) is 1. The summed E-state index contributed by atoms with van der Waals surface area (Å²) in [6.45, 7) is 2.44. The van der Waals surface area contributed by atoms with Crippen LogP contribution in [0.25, 0.3) is 0 Å². The van der Waals surface area contributed by atoms with Crippen LogP contribution in [0.15, 0.2) is 72.8 Å². The second-order valence-corrected chi connectivity index (χ2v) is 9.83. The van der Waals surface area contributed by atoms with Gasteiger partial charge in [0.2, 0.25) is 15.9 Å². The predicted octanol–water partition coefficient (Wildman–Crippen LogP) is 3.44. The number of sulfonamides is 1. The molecule has 33 heavy (non-hydrogen) atoms. The summed E-state index contributed by atoms with van der Waals surface area (Å²) in [4.78, 5) is 13.1. The molecule has 3 aromatic carbocycles. The lowest BCUT2D eigenvalue weighted by Gasteiger charge is -2.26. The summed E-state index contributed by atoms with van der Waals surface area (Å²) in [7, 11) is -3.73. The number of benzene rings is 3. The van der Waals surface area contributed by atoms with Crippen LogP contribution in [0.1, 0.15) is 22.7 Å². The summed E-state index contributed by atoms with van der Waals surface area (Å²) < 4.78 is 37.3. The molecule has 0 aliphatic carbocycles. The van der Waals surface area contributed by atoms with E-state index in [1.54, 1.807) is 18.2 Å². The number of nitrogens with one attached hydrogen (secondary N) is 1. The fourth-order valence-corrected chi connectivity index (χ4v) is 4.54. The van der Waals surface area contributed by atoms with Gasteiger partial charge in [-0.2, -0.15) is 0 Å². The molecular weight excluding hydrogens is 440 g/mol. The molecule has 1 atom stereocenters. The summed E-state index contributed by atoms with van der Waals surface area (Å²) in [5, 5.41) is 3.00. The molecule has 8 heteroatoms. The molecular formula is C25H26N2O5S. The SMILES string of the molecule is Cc1ccc(C(NC(=O)CN(c2ccc3c(c2)OCCO3)S(C)(=O)=O)c2ccccc2)cc1. The standard InChI is InChI=1S/C25H26N2O5S/c1-18-8-10-20(11-9-18)25(19-6-4-3-5-7-19)26-24(28)17-27(33(2,29)30)21-12-13-22-23(16-21)32-15-14-31-22/h3-13,16,25H,14-15,17H2,1-2H3,(H,26,28). The van der Waals surface area contributed by atoms with Gasteiger partial charge in [0.05, 0.1) is 18.0 Å². The zero-order chi connectivity index (χ0) is 23.4. The van der Waals surface area contributed by atoms with Crippen molar-refractivity contribution >= 4 is 21.6 Å². The van der Waals surface area contributed by atoms with Gasteiger partial charge in [-0.05, 0) is 30.2 Å². The normalized spacial score (nSPS) is 13.8. The van der Waals surface area contributed by atoms with E-state index < -0.39 is 22.0 Å². The molecule has 0 saturated heterocycles. The van der Waals surface area contributed by atoms with E-state index in [-0.39, 0.29) is 6.54 Å². The fraction of sp³-hybridized carbons (Fsp3) is 0.240. The van der Waals surface area contributed by atoms with Crippen LogP contribution >= 0.6 is 0 Å². The maximum atomic E-state index is 13.1. The minimum Gasteiger partial charge on any atom is -0.486 e. The van der Waals surface area contributed by atoms with Crippen LogP contribution < -0.4 is 19.1 Å². The number of aryl methyl sites for hydroxylation is 1. The molecule has 0 aromatic heterocycles. The van der Waals surface area contributed by atoms with E-state index in [0.29, 0.717) is 30.4 Å². The molecule has 1 unspecified atom stereocenters. The Hall–Kier alpha value is -3.52. The molecule has 1 aliphatic heterocycles. The maximum Gasteiger partial charge on any atom is 0.241 e. The van der Waals surface area contributed by atoms with Crippen molar-refractivity contribution in [1.29, 1.82) is 0 Å². The van der Waals surface area contributed by atoms with Crippen molar-refractivity contribution in [3.05, 3.63) is 89.5 Å². The average Bonchev–Trinajstić information content (AvgIpc) is 2.81. The van der Waals surface area contributed by atoms with Crippen LogP contribution in [-0.4, -0.2) is 40.3 Å². The number of carbonyl (C=O) groups is 1. The van der Waals surface area contributed by atoms with Crippen LogP contribution in [0.2, 0.25) is 0 Å². The van der Waals surface area contributed by atoms with Gasteiger partial charge in [-0.1, -0.05) is 60.2 Å². The lowest BCUT2D eigenvalue weighted by atomic mass is 9.98. The van der Waals surface area contributed by atoms with E-state index in [1.807, 2.05) is 61.5 Å². The molecule has 0 fully saturated rings. The van der Waals surface area contributed by atoms with Crippen molar-refractivity contribution in [2.45, 2.75) is 13.0 Å². The highest BCUT2D eigenvalue weighted by molar-refractivity contribution is 7.92. The van der Waals surface area contributed by atoms with E-state index in [9.17, 15) is 13.2 Å². The van der Waals surface area contributed by atoms with Gasteiger partial charge >= 0.3 is 0 Å². The Morgan fingerprint density at radius 2 is 1.58 bits per heavy atom. The number of anilines is 1. The minimum absolute atomic E-state index is 0.337. The Balaban J connectivity index is 1.60. The van der Waals surface area contributed by atoms with Crippen molar-refractivity contribution in [3.8, 4) is 11.5 Å². The van der Waals surface area contributed by atoms with Crippen LogP contribution in [-0.2, 0) is 14.8 Å². The first kappa shape index (κ1) is 22.7. The van der Waals surface area contributed by atoms with Gasteiger partial charge in [-0.25, -0.2) is 8.42 Å². The number of amides is 1. The molecule has 1 heterocycles. The molecule has 0 radical (unpaired) electrons. The van der Waals surface area contributed by atoms with Gasteiger partial charge in [-0.15, -0.1) is 0 Å². The molecule has 1 amide bonds. The van der Waals surface area contributed by atoms with Crippen molar-refractivity contribution in [3.63, 3.8) is 0 Å². The molecule has 4 rings (SSSR count). The summed E-state index contributed by atoms with van der Waals surface area (Å²) in [6, 6.07) is 21.9. The third-order valence-electron chi connectivity index (χ3n) is 5.35. The lowest BCUT2D eigenvalue weighted by molar-refractivity contribution is -0.120. The summed E-state index contributed by atoms with van der Waals surface area (Å²) >= 11 is 0. The maximum absolute atomic E-state index is 13.1. The lowest BCUT2D eigenvalue weighted by Crippen LogP contribution is -2.41. The van der Waals surface area contributed by atoms with E-state index in [4.69, 9.17) is 9.47 Å². The highest BCUT2D eigenvalue weighted by Gasteiger charge is 2.25. The van der Waals surface area contributed by atoms with Gasteiger partial charge in [0.25, 0.3) is 0 Å². The number of rotatable bonds is 7. The second-order valence-electron chi connectivity index (χ2n) is 7.92. The van der Waals surface area contributed by atoms with Crippen molar-refractivity contribution in [2.75, 3.05) is 30.3 Å². The van der Waals surface area contributed by atoms with Gasteiger partial charge in [0, 0.05) is 6.07 Å². The van der Waals surface area contributed by atoms with Crippen LogP contribution in [0.3, 0.4) is 0 Å². The van der Waals surface area contributed by atoms with Crippen LogP contribution in [0, 0.1) is 6.92 Å². The molecule has 0 bridgehead atoms. The largest absolute Gasteiger partial charge is 0.486 e. The summed E-state index contributed by atoms with van der Waals surface area (Å²) in [5.74, 6) is 0.575. The second kappa shape index (κ2) is 9.54. The van der Waals surface area contributed by atoms with E-state index in [2.05, 4.69) is 5.32 Å². The third-order valence-corrected chi connectivity index (χ3v) is 6.49. The number of hydrogen-bond donors (Lipinski definition) is 1. The highest BCUT2D eigenvalue weighted by Crippen LogP contribution is 2.34.